The van der Waals surface area contributed by atoms with Crippen molar-refractivity contribution in [2.45, 2.75) is 27.4 Å². The third-order valence-corrected chi connectivity index (χ3v) is 5.82. The van der Waals surface area contributed by atoms with Crippen molar-refractivity contribution >= 4 is 45.0 Å². The summed E-state index contributed by atoms with van der Waals surface area (Å²) in [5.74, 6) is -1.03. The van der Waals surface area contributed by atoms with E-state index in [4.69, 9.17) is 24.7 Å². The summed E-state index contributed by atoms with van der Waals surface area (Å²) in [6, 6.07) is 2.28. The number of anilines is 1. The Kier molecular flexibility index (Phi) is 7.46. The van der Waals surface area contributed by atoms with Gasteiger partial charge in [-0.1, -0.05) is 0 Å². The molecule has 0 aliphatic heterocycles. The maximum absolute atomic E-state index is 12.7. The second-order valence-corrected chi connectivity index (χ2v) is 7.77. The molecule has 12 nitrogen and oxygen atoms in total. The fraction of sp³-hybridized carbons (Fsp3) is 0.333. The third kappa shape index (κ3) is 4.83. The Balaban J connectivity index is 1.90. The van der Waals surface area contributed by atoms with Crippen LogP contribution in [0, 0.1) is 17.0 Å². The van der Waals surface area contributed by atoms with Gasteiger partial charge >= 0.3 is 11.9 Å². The summed E-state index contributed by atoms with van der Waals surface area (Å²) < 4.78 is 20.8. The normalized spacial score (nSPS) is 10.7. The van der Waals surface area contributed by atoms with Crippen molar-refractivity contribution in [1.29, 1.82) is 0 Å². The van der Waals surface area contributed by atoms with Gasteiger partial charge in [-0.3, -0.25) is 10.1 Å². The number of nitrogens with two attached hydrogens (primary N) is 1. The zero-order valence-corrected chi connectivity index (χ0v) is 19.7. The highest BCUT2D eigenvalue weighted by atomic mass is 32.1. The van der Waals surface area contributed by atoms with Gasteiger partial charge in [0.2, 0.25) is 0 Å². The lowest BCUT2D eigenvalue weighted by Crippen LogP contribution is -2.11. The lowest BCUT2D eigenvalue weighted by molar-refractivity contribution is -0.385. The molecule has 0 spiro atoms. The minimum Gasteiger partial charge on any atom is -0.493 e. The highest BCUT2D eigenvalue weighted by molar-refractivity contribution is 7.20. The fourth-order valence-electron chi connectivity index (χ4n) is 3.17. The molecular weight excluding hydrogens is 468 g/mol. The maximum Gasteiger partial charge on any atom is 0.348 e. The van der Waals surface area contributed by atoms with Crippen LogP contribution < -0.4 is 15.2 Å². The Morgan fingerprint density at radius 1 is 1.12 bits per heavy atom. The first kappa shape index (κ1) is 24.6. The van der Waals surface area contributed by atoms with Crippen molar-refractivity contribution in [2.24, 2.45) is 0 Å². The number of fused-ring (bicyclic) bond motifs is 1. The van der Waals surface area contributed by atoms with E-state index in [2.05, 4.69) is 9.97 Å². The molecule has 2 aromatic heterocycles. The van der Waals surface area contributed by atoms with Crippen LogP contribution in [0.5, 0.6) is 11.5 Å². The number of hydrogen-bond acceptors (Lipinski definition) is 12. The van der Waals surface area contributed by atoms with Crippen LogP contribution in [0.25, 0.3) is 10.2 Å². The van der Waals surface area contributed by atoms with Crippen molar-refractivity contribution in [2.75, 3.05) is 26.1 Å². The number of nitro benzene ring substituents is 1. The summed E-state index contributed by atoms with van der Waals surface area (Å²) in [7, 11) is 1.33. The summed E-state index contributed by atoms with van der Waals surface area (Å²) in [5, 5.41) is 12.0. The van der Waals surface area contributed by atoms with Crippen molar-refractivity contribution in [3.8, 4) is 11.5 Å². The van der Waals surface area contributed by atoms with Gasteiger partial charge in [0.25, 0.3) is 5.69 Å². The number of hydrogen-bond donors (Lipinski definition) is 1. The third-order valence-electron chi connectivity index (χ3n) is 4.66. The predicted molar refractivity (Wildman–Crippen MR) is 122 cm³/mol. The smallest absolute Gasteiger partial charge is 0.348 e. The van der Waals surface area contributed by atoms with E-state index in [0.29, 0.717) is 20.7 Å². The van der Waals surface area contributed by atoms with Gasteiger partial charge in [-0.2, -0.15) is 0 Å². The Labute approximate surface area is 197 Å². The summed E-state index contributed by atoms with van der Waals surface area (Å²) in [6.07, 6.45) is 0. The summed E-state index contributed by atoms with van der Waals surface area (Å²) in [5.41, 5.74) is 5.82. The highest BCUT2D eigenvalue weighted by Gasteiger charge is 2.27. The molecule has 0 bridgehead atoms. The topological polar surface area (TPSA) is 166 Å². The Morgan fingerprint density at radius 3 is 2.47 bits per heavy atom. The minimum atomic E-state index is -0.979. The lowest BCUT2D eigenvalue weighted by Gasteiger charge is -2.11. The van der Waals surface area contributed by atoms with Crippen LogP contribution >= 0.6 is 11.3 Å². The van der Waals surface area contributed by atoms with Crippen LogP contribution in [-0.2, 0) is 16.1 Å². The van der Waals surface area contributed by atoms with Crippen molar-refractivity contribution < 1.29 is 33.5 Å². The molecule has 0 saturated heterocycles. The van der Waals surface area contributed by atoms with E-state index < -0.39 is 29.2 Å². The van der Waals surface area contributed by atoms with Crippen LogP contribution in [-0.4, -0.2) is 47.2 Å². The molecule has 0 aliphatic carbocycles. The number of methoxy groups -OCH3 is 1. The number of esters is 2. The van der Waals surface area contributed by atoms with Crippen molar-refractivity contribution in [3.63, 3.8) is 0 Å². The van der Waals surface area contributed by atoms with Crippen LogP contribution in [0.2, 0.25) is 0 Å². The first-order valence-electron chi connectivity index (χ1n) is 10.1. The number of nitro groups is 1. The molecule has 0 fully saturated rings. The number of aryl methyl sites for hydroxylation is 1. The van der Waals surface area contributed by atoms with Gasteiger partial charge in [0.05, 0.1) is 36.7 Å². The van der Waals surface area contributed by atoms with Crippen LogP contribution in [0.4, 0.5) is 11.5 Å². The fourth-order valence-corrected chi connectivity index (χ4v) is 4.27. The van der Waals surface area contributed by atoms with Crippen molar-refractivity contribution in [3.05, 3.63) is 44.1 Å². The van der Waals surface area contributed by atoms with Gasteiger partial charge in [-0.25, -0.2) is 19.6 Å². The SMILES string of the molecule is CCOC(=O)c1sc2nc(COC(=O)c3cc(OCC)c(OC)cc3[N+](=O)[O-])nc(N)c2c1C. The van der Waals surface area contributed by atoms with E-state index >= 15 is 0 Å². The highest BCUT2D eigenvalue weighted by Crippen LogP contribution is 2.36. The van der Waals surface area contributed by atoms with E-state index in [1.54, 1.807) is 20.8 Å². The molecule has 0 unspecified atom stereocenters. The largest absolute Gasteiger partial charge is 0.493 e. The molecule has 3 rings (SSSR count). The first-order valence-corrected chi connectivity index (χ1v) is 10.9. The summed E-state index contributed by atoms with van der Waals surface area (Å²) in [4.78, 5) is 44.9. The molecule has 1 aromatic carbocycles. The summed E-state index contributed by atoms with van der Waals surface area (Å²) in [6.45, 7) is 5.20. The van der Waals surface area contributed by atoms with Crippen LogP contribution in [0.3, 0.4) is 0 Å². The average molecular weight is 490 g/mol. The molecule has 180 valence electrons. The monoisotopic (exact) mass is 490 g/mol. The molecule has 0 radical (unpaired) electrons. The summed E-state index contributed by atoms with van der Waals surface area (Å²) >= 11 is 1.08. The number of carbonyl (C=O) groups excluding carboxylic acids is 2. The Bertz CT molecular complexity index is 1270. The number of nitrogen functional groups attached to an aromatic ring is 1. The van der Waals surface area contributed by atoms with E-state index in [1.165, 1.54) is 13.2 Å². The average Bonchev–Trinajstić information content (AvgIpc) is 3.14. The minimum absolute atomic E-state index is 0.0659. The number of ether oxygens (including phenoxy) is 4. The predicted octanol–water partition coefficient (Wildman–Crippen LogP) is 3.43. The van der Waals surface area contributed by atoms with E-state index in [-0.39, 0.29) is 41.9 Å². The van der Waals surface area contributed by atoms with Crippen LogP contribution in [0.1, 0.15) is 45.3 Å². The molecule has 0 aliphatic rings. The van der Waals surface area contributed by atoms with Gasteiger partial charge in [0.15, 0.2) is 23.9 Å². The Morgan fingerprint density at radius 2 is 1.85 bits per heavy atom. The van der Waals surface area contributed by atoms with Gasteiger partial charge in [0, 0.05) is 6.07 Å². The molecule has 3 aromatic rings. The zero-order valence-electron chi connectivity index (χ0n) is 18.9. The number of nitrogens with zero attached hydrogens (tertiary/aromatic N) is 3. The quantitative estimate of drug-likeness (QED) is 0.265. The molecule has 0 saturated carbocycles. The van der Waals surface area contributed by atoms with Crippen molar-refractivity contribution in [1.82, 2.24) is 9.97 Å². The second kappa shape index (κ2) is 10.3. The van der Waals surface area contributed by atoms with E-state index in [1.807, 2.05) is 0 Å². The molecule has 34 heavy (non-hydrogen) atoms. The van der Waals surface area contributed by atoms with Crippen LogP contribution in [0.15, 0.2) is 12.1 Å². The van der Waals surface area contributed by atoms with Gasteiger partial charge in [-0.05, 0) is 26.3 Å². The van der Waals surface area contributed by atoms with Gasteiger partial charge < -0.3 is 24.7 Å². The number of aromatic nitrogens is 2. The maximum atomic E-state index is 12.7. The Hall–Kier alpha value is -4.00. The van der Waals surface area contributed by atoms with E-state index in [0.717, 1.165) is 17.4 Å². The number of benzene rings is 1. The number of carbonyl (C=O) groups is 2. The zero-order chi connectivity index (χ0) is 25.0. The lowest BCUT2D eigenvalue weighted by atomic mass is 10.1. The second-order valence-electron chi connectivity index (χ2n) is 6.77. The number of rotatable bonds is 9. The molecular formula is C21H22N4O8S. The van der Waals surface area contributed by atoms with E-state index in [9.17, 15) is 19.7 Å². The molecule has 0 amide bonds. The molecule has 0 atom stereocenters. The first-order chi connectivity index (χ1) is 16.2. The molecule has 2 N–H and O–H groups in total. The van der Waals surface area contributed by atoms with Gasteiger partial charge in [-0.15, -0.1) is 11.3 Å². The molecule has 13 heteroatoms. The molecule has 2 heterocycles. The van der Waals surface area contributed by atoms with Gasteiger partial charge in [0.1, 0.15) is 21.1 Å². The standard InChI is InChI=1S/C21H22N4O8S/c1-5-31-14-7-11(12(25(28)29)8-13(14)30-4)20(26)33-9-15-23-18(22)16-10(3)17(21(27)32-6-2)34-19(16)24-15/h7-8H,5-6,9H2,1-4H3,(H2,22,23,24). The number of thiophene rings is 1.